The number of anilines is 1. The fraction of sp³-hybridized carbons (Fsp3) is 0.125. The van der Waals surface area contributed by atoms with E-state index in [1.54, 1.807) is 25.2 Å². The van der Waals surface area contributed by atoms with Crippen molar-refractivity contribution in [1.82, 2.24) is 0 Å². The molecule has 0 radical (unpaired) electrons. The maximum absolute atomic E-state index is 12.1. The third-order valence-electron chi connectivity index (χ3n) is 3.43. The van der Waals surface area contributed by atoms with Crippen LogP contribution in [0.1, 0.15) is 11.1 Å². The number of aliphatic hydroxyl groups excluding tert-OH is 1. The smallest absolute Gasteiger partial charge is 0.278 e. The average Bonchev–Trinajstić information content (AvgIpc) is 2.59. The molecule has 21 heavy (non-hydrogen) atoms. The molecule has 5 heteroatoms. The van der Waals surface area contributed by atoms with Gasteiger partial charge in [-0.1, -0.05) is 41.9 Å². The number of amides is 1. The van der Waals surface area contributed by atoms with Crippen LogP contribution in [0.3, 0.4) is 0 Å². The molecule has 2 aromatic rings. The van der Waals surface area contributed by atoms with Crippen molar-refractivity contribution in [3.63, 3.8) is 0 Å². The Labute approximate surface area is 127 Å². The molecular weight excluding hydrogens is 294 g/mol. The van der Waals surface area contributed by atoms with Crippen LogP contribution in [0.4, 0.5) is 5.69 Å². The van der Waals surface area contributed by atoms with Gasteiger partial charge in [-0.2, -0.15) is 0 Å². The zero-order valence-corrected chi connectivity index (χ0v) is 12.1. The lowest BCUT2D eigenvalue weighted by atomic mass is 10.1. The molecule has 2 aromatic carbocycles. The van der Waals surface area contributed by atoms with Crippen molar-refractivity contribution in [1.29, 1.82) is 0 Å². The predicted molar refractivity (Wildman–Crippen MR) is 82.9 cm³/mol. The summed E-state index contributed by atoms with van der Waals surface area (Å²) in [5.41, 5.74) is 2.77. The number of carbonyl (C=O) groups excluding carboxylic acids is 1. The molecule has 0 aliphatic carbocycles. The maximum atomic E-state index is 12.1. The van der Waals surface area contributed by atoms with Crippen LogP contribution >= 0.6 is 11.6 Å². The summed E-state index contributed by atoms with van der Waals surface area (Å²) in [5.74, 6) is -0.468. The van der Waals surface area contributed by atoms with E-state index in [9.17, 15) is 9.90 Å². The van der Waals surface area contributed by atoms with Gasteiger partial charge in [0.05, 0.1) is 11.4 Å². The van der Waals surface area contributed by atoms with Crippen LogP contribution in [0, 0.1) is 0 Å². The van der Waals surface area contributed by atoms with Gasteiger partial charge in [0, 0.05) is 23.2 Å². The lowest BCUT2D eigenvalue weighted by Crippen LogP contribution is -2.34. The number of rotatable bonds is 1. The van der Waals surface area contributed by atoms with Crippen molar-refractivity contribution in [3.8, 4) is 0 Å². The first-order valence-electron chi connectivity index (χ1n) is 6.46. The molecule has 1 aliphatic rings. The number of aliphatic imine (C=N–C) groups is 1. The Morgan fingerprint density at radius 3 is 2.62 bits per heavy atom. The van der Waals surface area contributed by atoms with Gasteiger partial charge in [0.2, 0.25) is 6.23 Å². The summed E-state index contributed by atoms with van der Waals surface area (Å²) in [6.07, 6.45) is -1.42. The Hall–Kier alpha value is -2.17. The molecule has 1 aliphatic heterocycles. The van der Waals surface area contributed by atoms with E-state index in [4.69, 9.17) is 11.6 Å². The predicted octanol–water partition coefficient (Wildman–Crippen LogP) is 2.47. The van der Waals surface area contributed by atoms with Gasteiger partial charge in [0.1, 0.15) is 0 Å². The average molecular weight is 307 g/mol. The van der Waals surface area contributed by atoms with E-state index in [1.807, 2.05) is 30.3 Å². The van der Waals surface area contributed by atoms with Crippen LogP contribution < -0.4 is 4.90 Å². The minimum absolute atomic E-state index is 0.468. The normalized spacial score (nSPS) is 18.0. The highest BCUT2D eigenvalue weighted by molar-refractivity contribution is 6.32. The standard InChI is InChI=1S/C16H13ClN2O2/c1-19-13-8-7-11(17)9-12(13)14(18-15(20)16(19)21)10-5-3-2-4-6-10/h2-9,15,20H,1H3/i2+1,3+1,4+1,5+1,6+1,10+1. The fourth-order valence-corrected chi connectivity index (χ4v) is 2.53. The molecule has 0 aromatic heterocycles. The third-order valence-corrected chi connectivity index (χ3v) is 3.66. The van der Waals surface area contributed by atoms with Gasteiger partial charge in [-0.3, -0.25) is 4.79 Å². The van der Waals surface area contributed by atoms with Crippen molar-refractivity contribution in [2.45, 2.75) is 6.23 Å². The third kappa shape index (κ3) is 2.44. The summed E-state index contributed by atoms with van der Waals surface area (Å²) in [5, 5.41) is 10.5. The first kappa shape index (κ1) is 13.8. The molecule has 1 heterocycles. The highest BCUT2D eigenvalue weighted by Gasteiger charge is 2.28. The Morgan fingerprint density at radius 2 is 1.90 bits per heavy atom. The number of benzene rings is 2. The number of likely N-dealkylation sites (N-methyl/N-ethyl adjacent to an activating group) is 1. The highest BCUT2D eigenvalue weighted by atomic mass is 35.5. The molecule has 1 N–H and O–H groups in total. The summed E-state index contributed by atoms with van der Waals surface area (Å²) in [4.78, 5) is 17.7. The van der Waals surface area contributed by atoms with Crippen molar-refractivity contribution in [2.75, 3.05) is 11.9 Å². The first-order valence-corrected chi connectivity index (χ1v) is 6.84. The molecule has 1 unspecified atom stereocenters. The van der Waals surface area contributed by atoms with Crippen molar-refractivity contribution < 1.29 is 9.90 Å². The van der Waals surface area contributed by atoms with Gasteiger partial charge in [-0.25, -0.2) is 4.99 Å². The molecule has 4 nitrogen and oxygen atoms in total. The van der Waals surface area contributed by atoms with Gasteiger partial charge in [-0.05, 0) is 18.2 Å². The van der Waals surface area contributed by atoms with Gasteiger partial charge >= 0.3 is 0 Å². The van der Waals surface area contributed by atoms with Gasteiger partial charge in [-0.15, -0.1) is 0 Å². The van der Waals surface area contributed by atoms with Crippen LogP contribution in [-0.2, 0) is 4.79 Å². The van der Waals surface area contributed by atoms with Crippen molar-refractivity contribution in [3.05, 3.63) is 64.7 Å². The number of halogens is 1. The van der Waals surface area contributed by atoms with E-state index < -0.39 is 12.1 Å². The maximum Gasteiger partial charge on any atom is 0.278 e. The van der Waals surface area contributed by atoms with Crippen LogP contribution in [0.25, 0.3) is 0 Å². The molecule has 106 valence electrons. The Morgan fingerprint density at radius 1 is 1.19 bits per heavy atom. The Kier molecular flexibility index (Phi) is 3.49. The Balaban J connectivity index is 2.27. The summed E-state index contributed by atoms with van der Waals surface area (Å²) >= 11 is 6.08. The minimum atomic E-state index is -1.42. The number of fused-ring (bicyclic) bond motifs is 1. The van der Waals surface area contributed by atoms with Gasteiger partial charge < -0.3 is 10.0 Å². The lowest BCUT2D eigenvalue weighted by molar-refractivity contribution is -0.125. The molecule has 3 rings (SSSR count). The number of benzodiazepines with no additional fused rings is 1. The number of nitrogens with zero attached hydrogens (tertiary/aromatic N) is 2. The van der Waals surface area contributed by atoms with E-state index in [1.165, 1.54) is 4.90 Å². The number of carbonyl (C=O) groups is 1. The second kappa shape index (κ2) is 5.31. The van der Waals surface area contributed by atoms with Gasteiger partial charge in [0.15, 0.2) is 0 Å². The molecule has 0 saturated carbocycles. The van der Waals surface area contributed by atoms with E-state index >= 15 is 0 Å². The molecule has 0 bridgehead atoms. The minimum Gasteiger partial charge on any atom is -0.364 e. The second-order valence-corrected chi connectivity index (χ2v) is 5.21. The largest absolute Gasteiger partial charge is 0.364 e. The zero-order chi connectivity index (χ0) is 15.0. The summed E-state index contributed by atoms with van der Waals surface area (Å²) < 4.78 is 0. The Bertz CT molecular complexity index is 728. The summed E-state index contributed by atoms with van der Waals surface area (Å²) in [7, 11) is 1.61. The molecule has 0 spiro atoms. The number of hydrogen-bond donors (Lipinski definition) is 1. The summed E-state index contributed by atoms with van der Waals surface area (Å²) in [6.45, 7) is 0. The quantitative estimate of drug-likeness (QED) is 0.880. The topological polar surface area (TPSA) is 52.9 Å². The van der Waals surface area contributed by atoms with Crippen molar-refractivity contribution in [2.24, 2.45) is 4.99 Å². The van der Waals surface area contributed by atoms with E-state index in [0.29, 0.717) is 16.4 Å². The van der Waals surface area contributed by atoms with E-state index in [2.05, 4.69) is 4.99 Å². The molecule has 1 atom stereocenters. The zero-order valence-electron chi connectivity index (χ0n) is 11.3. The number of aliphatic hydroxyl groups is 1. The van der Waals surface area contributed by atoms with E-state index in [0.717, 1.165) is 11.1 Å². The summed E-state index contributed by atoms with van der Waals surface area (Å²) in [6, 6.07) is 14.6. The number of hydrogen-bond acceptors (Lipinski definition) is 3. The second-order valence-electron chi connectivity index (χ2n) is 4.78. The van der Waals surface area contributed by atoms with Gasteiger partial charge in [0.25, 0.3) is 5.91 Å². The van der Waals surface area contributed by atoms with E-state index in [-0.39, 0.29) is 0 Å². The first-order chi connectivity index (χ1) is 10.1. The molecule has 0 saturated heterocycles. The fourth-order valence-electron chi connectivity index (χ4n) is 2.36. The molecule has 1 amide bonds. The van der Waals surface area contributed by atoms with Crippen LogP contribution in [0.15, 0.2) is 53.5 Å². The monoisotopic (exact) mass is 306 g/mol. The molecular formula is C16H13ClN2O2. The SMILES string of the molecule is CN1C(=O)C(O)N=C([13c]2[13cH][13cH][13cH][13cH][13cH]2)c2cc(Cl)ccc21. The van der Waals surface area contributed by atoms with Crippen LogP contribution in [0.2, 0.25) is 5.02 Å². The lowest BCUT2D eigenvalue weighted by Gasteiger charge is -2.18. The van der Waals surface area contributed by atoms with Crippen LogP contribution in [0.5, 0.6) is 0 Å². The highest BCUT2D eigenvalue weighted by Crippen LogP contribution is 2.29. The van der Waals surface area contributed by atoms with Crippen LogP contribution in [-0.4, -0.2) is 30.0 Å². The molecule has 0 fully saturated rings. The van der Waals surface area contributed by atoms with Crippen molar-refractivity contribution >= 4 is 28.9 Å².